The van der Waals surface area contributed by atoms with Gasteiger partial charge in [-0.2, -0.15) is 5.10 Å². The Morgan fingerprint density at radius 2 is 1.77 bits per heavy atom. The lowest BCUT2D eigenvalue weighted by Crippen LogP contribution is -2.48. The first-order chi connectivity index (χ1) is 14.6. The van der Waals surface area contributed by atoms with Crippen LogP contribution in [0.5, 0.6) is 5.75 Å². The quantitative estimate of drug-likeness (QED) is 0.601. The molecule has 1 aromatic heterocycles. The van der Waals surface area contributed by atoms with Crippen LogP contribution in [0.3, 0.4) is 0 Å². The third-order valence-corrected chi connectivity index (χ3v) is 5.41. The number of carbonyl (C=O) groups is 1. The molecule has 0 radical (unpaired) electrons. The predicted molar refractivity (Wildman–Crippen MR) is 112 cm³/mol. The van der Waals surface area contributed by atoms with Crippen LogP contribution in [0.2, 0.25) is 5.02 Å². The molecule has 1 amide bonds. The minimum atomic E-state index is -0.232. The zero-order chi connectivity index (χ0) is 20.9. The second kappa shape index (κ2) is 9.28. The van der Waals surface area contributed by atoms with Crippen LogP contribution in [0.1, 0.15) is 16.1 Å². The molecule has 2 aromatic carbocycles. The van der Waals surface area contributed by atoms with Gasteiger partial charge < -0.3 is 9.64 Å². The van der Waals surface area contributed by atoms with Gasteiger partial charge in [-0.05, 0) is 35.9 Å². The molecule has 8 heteroatoms. The van der Waals surface area contributed by atoms with Crippen LogP contribution in [-0.4, -0.2) is 51.7 Å². The molecule has 156 valence electrons. The summed E-state index contributed by atoms with van der Waals surface area (Å²) in [5.74, 6) is 0.239. The summed E-state index contributed by atoms with van der Waals surface area (Å²) in [4.78, 5) is 17.1. The molecule has 0 saturated carbocycles. The van der Waals surface area contributed by atoms with E-state index in [0.29, 0.717) is 29.6 Å². The molecular weight excluding hydrogens is 407 g/mol. The normalized spacial score (nSPS) is 14.7. The van der Waals surface area contributed by atoms with Gasteiger partial charge in [-0.3, -0.25) is 9.69 Å². The second-order valence-electron chi connectivity index (χ2n) is 7.11. The van der Waals surface area contributed by atoms with Gasteiger partial charge >= 0.3 is 0 Å². The van der Waals surface area contributed by atoms with Crippen molar-refractivity contribution >= 4 is 17.5 Å². The van der Waals surface area contributed by atoms with Gasteiger partial charge in [0, 0.05) is 38.9 Å². The van der Waals surface area contributed by atoms with E-state index in [1.54, 1.807) is 36.5 Å². The van der Waals surface area contributed by atoms with Crippen LogP contribution in [0.15, 0.2) is 60.8 Å². The molecule has 4 rings (SSSR count). The van der Waals surface area contributed by atoms with E-state index in [1.807, 2.05) is 17.0 Å². The van der Waals surface area contributed by atoms with Crippen molar-refractivity contribution in [1.29, 1.82) is 0 Å². The first-order valence-electron chi connectivity index (χ1n) is 9.75. The number of ether oxygens (including phenoxy) is 1. The minimum absolute atomic E-state index is 0.0725. The average Bonchev–Trinajstić information content (AvgIpc) is 3.23. The van der Waals surface area contributed by atoms with Crippen molar-refractivity contribution < 1.29 is 13.9 Å². The fourth-order valence-electron chi connectivity index (χ4n) is 3.43. The van der Waals surface area contributed by atoms with Gasteiger partial charge in [0.15, 0.2) is 6.73 Å². The predicted octanol–water partition coefficient (Wildman–Crippen LogP) is 3.67. The maximum absolute atomic E-state index is 13.1. The van der Waals surface area contributed by atoms with E-state index in [9.17, 15) is 9.18 Å². The summed E-state index contributed by atoms with van der Waals surface area (Å²) in [6.07, 6.45) is 1.59. The van der Waals surface area contributed by atoms with E-state index in [4.69, 9.17) is 16.3 Å². The molecule has 0 unspecified atom stereocenters. The topological polar surface area (TPSA) is 50.6 Å². The minimum Gasteiger partial charge on any atom is -0.470 e. The van der Waals surface area contributed by atoms with Gasteiger partial charge in [-0.15, -0.1) is 0 Å². The van der Waals surface area contributed by atoms with Crippen molar-refractivity contribution in [2.45, 2.75) is 13.3 Å². The average molecular weight is 429 g/mol. The van der Waals surface area contributed by atoms with Crippen molar-refractivity contribution in [2.24, 2.45) is 0 Å². The molecule has 1 fully saturated rings. The SMILES string of the molecule is O=C(c1ccnn1COc1ccccc1Cl)N1CCN(Cc2ccc(F)cc2)CC1. The van der Waals surface area contributed by atoms with Crippen molar-refractivity contribution in [3.05, 3.63) is 82.9 Å². The van der Waals surface area contributed by atoms with Gasteiger partial charge in [0.25, 0.3) is 5.91 Å². The Morgan fingerprint density at radius 1 is 1.03 bits per heavy atom. The smallest absolute Gasteiger partial charge is 0.272 e. The molecule has 0 N–H and O–H groups in total. The Bertz CT molecular complexity index is 1000. The summed E-state index contributed by atoms with van der Waals surface area (Å²) in [5.41, 5.74) is 1.54. The molecule has 0 spiro atoms. The number of para-hydroxylation sites is 1. The Kier molecular flexibility index (Phi) is 6.30. The highest BCUT2D eigenvalue weighted by Crippen LogP contribution is 2.23. The molecule has 2 heterocycles. The van der Waals surface area contributed by atoms with Crippen LogP contribution >= 0.6 is 11.6 Å². The molecule has 0 bridgehead atoms. The van der Waals surface area contributed by atoms with Crippen LogP contribution in [-0.2, 0) is 13.3 Å². The number of hydrogen-bond acceptors (Lipinski definition) is 4. The van der Waals surface area contributed by atoms with E-state index >= 15 is 0 Å². The number of aromatic nitrogens is 2. The monoisotopic (exact) mass is 428 g/mol. The molecule has 6 nitrogen and oxygen atoms in total. The number of piperazine rings is 1. The number of amides is 1. The summed E-state index contributed by atoms with van der Waals surface area (Å²) in [6, 6.07) is 15.4. The van der Waals surface area contributed by atoms with Crippen LogP contribution < -0.4 is 4.74 Å². The summed E-state index contributed by atoms with van der Waals surface area (Å²) in [6.45, 7) is 3.60. The highest BCUT2D eigenvalue weighted by molar-refractivity contribution is 6.32. The van der Waals surface area contributed by atoms with Crippen molar-refractivity contribution in [3.8, 4) is 5.75 Å². The molecule has 0 aliphatic carbocycles. The maximum atomic E-state index is 13.1. The fourth-order valence-corrected chi connectivity index (χ4v) is 3.62. The summed E-state index contributed by atoms with van der Waals surface area (Å²) in [7, 11) is 0. The van der Waals surface area contributed by atoms with Crippen molar-refractivity contribution in [2.75, 3.05) is 26.2 Å². The lowest BCUT2D eigenvalue weighted by atomic mass is 10.2. The van der Waals surface area contributed by atoms with Crippen LogP contribution in [0.25, 0.3) is 0 Å². The van der Waals surface area contributed by atoms with E-state index in [-0.39, 0.29) is 18.5 Å². The van der Waals surface area contributed by atoms with Gasteiger partial charge in [-0.1, -0.05) is 35.9 Å². The van der Waals surface area contributed by atoms with Crippen LogP contribution in [0.4, 0.5) is 4.39 Å². The number of hydrogen-bond donors (Lipinski definition) is 0. The molecular formula is C22H22ClFN4O2. The van der Waals surface area contributed by atoms with E-state index in [0.717, 1.165) is 25.2 Å². The summed E-state index contributed by atoms with van der Waals surface area (Å²) >= 11 is 6.11. The zero-order valence-electron chi connectivity index (χ0n) is 16.4. The molecule has 30 heavy (non-hydrogen) atoms. The lowest BCUT2D eigenvalue weighted by Gasteiger charge is -2.34. The highest BCUT2D eigenvalue weighted by Gasteiger charge is 2.24. The van der Waals surface area contributed by atoms with Crippen molar-refractivity contribution in [1.82, 2.24) is 19.6 Å². The number of rotatable bonds is 6. The number of halogens is 2. The van der Waals surface area contributed by atoms with Crippen molar-refractivity contribution in [3.63, 3.8) is 0 Å². The lowest BCUT2D eigenvalue weighted by molar-refractivity contribution is 0.0607. The standard InChI is InChI=1S/C22H22ClFN4O2/c23-19-3-1-2-4-21(19)30-16-28-20(9-10-25-28)22(29)27-13-11-26(12-14-27)15-17-5-7-18(24)8-6-17/h1-10H,11-16H2. The molecule has 1 saturated heterocycles. The highest BCUT2D eigenvalue weighted by atomic mass is 35.5. The van der Waals surface area contributed by atoms with Gasteiger partial charge in [0.05, 0.1) is 5.02 Å². The van der Waals surface area contributed by atoms with Crippen LogP contribution in [0, 0.1) is 5.82 Å². The van der Waals surface area contributed by atoms with E-state index in [2.05, 4.69) is 10.00 Å². The second-order valence-corrected chi connectivity index (χ2v) is 7.52. The van der Waals surface area contributed by atoms with E-state index < -0.39 is 0 Å². The van der Waals surface area contributed by atoms with E-state index in [1.165, 1.54) is 16.8 Å². The first-order valence-corrected chi connectivity index (χ1v) is 10.1. The third kappa shape index (κ3) is 4.80. The molecule has 1 aliphatic rings. The van der Waals surface area contributed by atoms with Gasteiger partial charge in [-0.25, -0.2) is 9.07 Å². The molecule has 0 atom stereocenters. The van der Waals surface area contributed by atoms with Gasteiger partial charge in [0.2, 0.25) is 0 Å². The number of benzene rings is 2. The summed E-state index contributed by atoms with van der Waals surface area (Å²) < 4.78 is 20.3. The first kappa shape index (κ1) is 20.4. The maximum Gasteiger partial charge on any atom is 0.272 e. The summed E-state index contributed by atoms with van der Waals surface area (Å²) in [5, 5.41) is 4.72. The number of carbonyl (C=O) groups excluding carboxylic acids is 1. The third-order valence-electron chi connectivity index (χ3n) is 5.09. The largest absolute Gasteiger partial charge is 0.470 e. The molecule has 1 aliphatic heterocycles. The van der Waals surface area contributed by atoms with Gasteiger partial charge in [0.1, 0.15) is 17.3 Å². The Balaban J connectivity index is 1.33. The number of nitrogens with zero attached hydrogens (tertiary/aromatic N) is 4. The fraction of sp³-hybridized carbons (Fsp3) is 0.273. The Morgan fingerprint density at radius 3 is 2.50 bits per heavy atom. The molecule has 3 aromatic rings. The Hall–Kier alpha value is -2.90. The zero-order valence-corrected chi connectivity index (χ0v) is 17.1. The Labute approximate surface area is 179 Å².